The lowest BCUT2D eigenvalue weighted by Gasteiger charge is -2.09. The number of hydrogen-bond acceptors (Lipinski definition) is 3. The number of rotatable bonds is 6. The summed E-state index contributed by atoms with van der Waals surface area (Å²) < 4.78 is 13.3. The monoisotopic (exact) mass is 227 g/mol. The zero-order valence-electron chi connectivity index (χ0n) is 8.74. The van der Waals surface area contributed by atoms with Crippen LogP contribution in [0.4, 0.5) is 10.1 Å². The van der Waals surface area contributed by atoms with Crippen molar-refractivity contribution in [2.24, 2.45) is 0 Å². The second kappa shape index (κ2) is 6.07. The van der Waals surface area contributed by atoms with E-state index in [1.165, 1.54) is 18.2 Å². The van der Waals surface area contributed by atoms with Gasteiger partial charge in [-0.15, -0.1) is 0 Å². The Morgan fingerprint density at radius 1 is 1.38 bits per heavy atom. The van der Waals surface area contributed by atoms with Crippen molar-refractivity contribution in [3.63, 3.8) is 0 Å². The van der Waals surface area contributed by atoms with Crippen LogP contribution < -0.4 is 5.32 Å². The quantitative estimate of drug-likeness (QED) is 0.647. The molecule has 0 saturated carbocycles. The molecule has 4 nitrogen and oxygen atoms in total. The number of aliphatic hydroxyl groups excluding tert-OH is 1. The number of nitrogens with one attached hydrogen (secondary N) is 1. The van der Waals surface area contributed by atoms with Gasteiger partial charge in [0.2, 0.25) is 0 Å². The van der Waals surface area contributed by atoms with Crippen molar-refractivity contribution in [3.05, 3.63) is 29.6 Å². The summed E-state index contributed by atoms with van der Waals surface area (Å²) in [4.78, 5) is 10.8. The second-order valence-corrected chi connectivity index (χ2v) is 3.33. The minimum Gasteiger partial charge on any atom is -0.478 e. The summed E-state index contributed by atoms with van der Waals surface area (Å²) in [7, 11) is 0. The molecule has 0 fully saturated rings. The van der Waals surface area contributed by atoms with Crippen molar-refractivity contribution in [2.45, 2.75) is 12.8 Å². The molecule has 0 aliphatic carbocycles. The largest absolute Gasteiger partial charge is 0.478 e. The number of anilines is 1. The Kier molecular flexibility index (Phi) is 4.72. The third-order valence-corrected chi connectivity index (χ3v) is 2.13. The highest BCUT2D eigenvalue weighted by molar-refractivity contribution is 5.94. The minimum atomic E-state index is -1.16. The summed E-state index contributed by atoms with van der Waals surface area (Å²) in [5.41, 5.74) is -0.0723. The Hall–Kier alpha value is -1.62. The van der Waals surface area contributed by atoms with Crippen molar-refractivity contribution in [2.75, 3.05) is 18.5 Å². The Labute approximate surface area is 92.7 Å². The van der Waals surface area contributed by atoms with Gasteiger partial charge in [-0.2, -0.15) is 0 Å². The fourth-order valence-electron chi connectivity index (χ4n) is 1.33. The molecule has 1 aromatic rings. The topological polar surface area (TPSA) is 69.6 Å². The Bertz CT molecular complexity index is 368. The Morgan fingerprint density at radius 3 is 2.75 bits per heavy atom. The van der Waals surface area contributed by atoms with E-state index in [0.717, 1.165) is 0 Å². The first-order valence-electron chi connectivity index (χ1n) is 5.03. The van der Waals surface area contributed by atoms with Crippen LogP contribution in [0, 0.1) is 5.82 Å². The summed E-state index contributed by atoms with van der Waals surface area (Å²) in [5.74, 6) is -1.74. The van der Waals surface area contributed by atoms with Crippen molar-refractivity contribution in [1.82, 2.24) is 0 Å². The number of unbranched alkanes of at least 4 members (excludes halogenated alkanes) is 1. The summed E-state index contributed by atoms with van der Waals surface area (Å²) in [5, 5.41) is 20.1. The molecule has 0 aliphatic heterocycles. The highest BCUT2D eigenvalue weighted by Gasteiger charge is 2.13. The lowest BCUT2D eigenvalue weighted by atomic mass is 10.1. The fourth-order valence-corrected chi connectivity index (χ4v) is 1.33. The van der Waals surface area contributed by atoms with Gasteiger partial charge in [0.15, 0.2) is 0 Å². The fraction of sp³-hybridized carbons (Fsp3) is 0.364. The van der Waals surface area contributed by atoms with Crippen LogP contribution in [0.1, 0.15) is 23.2 Å². The molecular weight excluding hydrogens is 213 g/mol. The van der Waals surface area contributed by atoms with Gasteiger partial charge in [-0.1, -0.05) is 6.07 Å². The smallest absolute Gasteiger partial charge is 0.337 e. The lowest BCUT2D eigenvalue weighted by Crippen LogP contribution is -2.09. The van der Waals surface area contributed by atoms with E-state index in [2.05, 4.69) is 5.32 Å². The molecule has 88 valence electrons. The van der Waals surface area contributed by atoms with Crippen LogP contribution in [0.15, 0.2) is 18.2 Å². The van der Waals surface area contributed by atoms with Crippen molar-refractivity contribution in [1.29, 1.82) is 0 Å². The average Bonchev–Trinajstić information content (AvgIpc) is 2.25. The van der Waals surface area contributed by atoms with Crippen LogP contribution in [-0.4, -0.2) is 29.3 Å². The molecule has 0 heterocycles. The number of aromatic carboxylic acids is 1. The number of halogens is 1. The maximum atomic E-state index is 13.3. The van der Waals surface area contributed by atoms with Crippen LogP contribution in [0.25, 0.3) is 0 Å². The van der Waals surface area contributed by atoms with Crippen LogP contribution in [-0.2, 0) is 0 Å². The molecule has 0 saturated heterocycles. The third-order valence-electron chi connectivity index (χ3n) is 2.13. The molecular formula is C11H14FNO3. The molecule has 5 heteroatoms. The number of carboxylic acid groups (broad SMARTS) is 1. The average molecular weight is 227 g/mol. The van der Waals surface area contributed by atoms with E-state index in [-0.39, 0.29) is 17.9 Å². The zero-order valence-corrected chi connectivity index (χ0v) is 8.74. The molecule has 0 bridgehead atoms. The number of hydrogen-bond donors (Lipinski definition) is 3. The summed E-state index contributed by atoms with van der Waals surface area (Å²) >= 11 is 0. The number of carboxylic acids is 1. The van der Waals surface area contributed by atoms with E-state index in [4.69, 9.17) is 10.2 Å². The Morgan fingerprint density at radius 2 is 2.12 bits per heavy atom. The highest BCUT2D eigenvalue weighted by Crippen LogP contribution is 2.19. The predicted molar refractivity (Wildman–Crippen MR) is 58.2 cm³/mol. The molecule has 0 amide bonds. The number of benzene rings is 1. The van der Waals surface area contributed by atoms with Gasteiger partial charge in [-0.25, -0.2) is 9.18 Å². The molecule has 0 spiro atoms. The van der Waals surface area contributed by atoms with Gasteiger partial charge >= 0.3 is 5.97 Å². The van der Waals surface area contributed by atoms with Crippen LogP contribution >= 0.6 is 0 Å². The van der Waals surface area contributed by atoms with Crippen molar-refractivity contribution < 1.29 is 19.4 Å². The molecule has 16 heavy (non-hydrogen) atoms. The van der Waals surface area contributed by atoms with Gasteiger partial charge in [0.25, 0.3) is 0 Å². The number of para-hydroxylation sites is 1. The van der Waals surface area contributed by atoms with Gasteiger partial charge < -0.3 is 15.5 Å². The van der Waals surface area contributed by atoms with E-state index in [1.807, 2.05) is 0 Å². The standard InChI is InChI=1S/C11H14FNO3/c12-9-5-3-4-8(11(15)16)10(9)13-6-1-2-7-14/h3-5,13-14H,1-2,6-7H2,(H,15,16). The number of aliphatic hydroxyl groups is 1. The SMILES string of the molecule is O=C(O)c1cccc(F)c1NCCCCO. The van der Waals surface area contributed by atoms with Gasteiger partial charge in [0.05, 0.1) is 11.3 Å². The second-order valence-electron chi connectivity index (χ2n) is 3.33. The van der Waals surface area contributed by atoms with Crippen LogP contribution in [0.3, 0.4) is 0 Å². The molecule has 0 unspecified atom stereocenters. The van der Waals surface area contributed by atoms with E-state index < -0.39 is 11.8 Å². The summed E-state index contributed by atoms with van der Waals surface area (Å²) in [6, 6.07) is 3.91. The van der Waals surface area contributed by atoms with Gasteiger partial charge in [-0.05, 0) is 25.0 Å². The molecule has 0 aliphatic rings. The molecule has 3 N–H and O–H groups in total. The van der Waals surface area contributed by atoms with Crippen LogP contribution in [0.5, 0.6) is 0 Å². The first kappa shape index (κ1) is 12.4. The van der Waals surface area contributed by atoms with E-state index >= 15 is 0 Å². The summed E-state index contributed by atoms with van der Waals surface area (Å²) in [6.07, 6.45) is 1.26. The highest BCUT2D eigenvalue weighted by atomic mass is 19.1. The first-order valence-corrected chi connectivity index (χ1v) is 5.03. The zero-order chi connectivity index (χ0) is 12.0. The maximum Gasteiger partial charge on any atom is 0.337 e. The minimum absolute atomic E-state index is 0.00735. The molecule has 0 atom stereocenters. The normalized spacial score (nSPS) is 10.1. The van der Waals surface area contributed by atoms with Crippen molar-refractivity contribution >= 4 is 11.7 Å². The molecule has 0 aromatic heterocycles. The van der Waals surface area contributed by atoms with E-state index in [0.29, 0.717) is 19.4 Å². The third kappa shape index (κ3) is 3.20. The molecule has 1 rings (SSSR count). The van der Waals surface area contributed by atoms with Gasteiger partial charge in [0, 0.05) is 13.2 Å². The van der Waals surface area contributed by atoms with E-state index in [1.54, 1.807) is 0 Å². The maximum absolute atomic E-state index is 13.3. The molecule has 0 radical (unpaired) electrons. The van der Waals surface area contributed by atoms with E-state index in [9.17, 15) is 9.18 Å². The van der Waals surface area contributed by atoms with Crippen LogP contribution in [0.2, 0.25) is 0 Å². The molecule has 1 aromatic carbocycles. The van der Waals surface area contributed by atoms with Crippen molar-refractivity contribution in [3.8, 4) is 0 Å². The van der Waals surface area contributed by atoms with Gasteiger partial charge in [-0.3, -0.25) is 0 Å². The first-order chi connectivity index (χ1) is 7.66. The lowest BCUT2D eigenvalue weighted by molar-refractivity contribution is 0.0697. The predicted octanol–water partition coefficient (Wildman–Crippen LogP) is 1.71. The number of carbonyl (C=O) groups is 1. The van der Waals surface area contributed by atoms with Gasteiger partial charge in [0.1, 0.15) is 5.82 Å². The summed E-state index contributed by atoms with van der Waals surface area (Å²) in [6.45, 7) is 0.506. The Balaban J connectivity index is 2.73.